The van der Waals surface area contributed by atoms with Crippen LogP contribution in [0.25, 0.3) is 0 Å². The fourth-order valence-electron chi connectivity index (χ4n) is 6.23. The molecule has 0 aromatic heterocycles. The van der Waals surface area contributed by atoms with E-state index in [-0.39, 0.29) is 42.7 Å². The van der Waals surface area contributed by atoms with Crippen LogP contribution < -0.4 is 0 Å². The number of rotatable bonds is 40. The number of aliphatic carboxylic acids is 1. The van der Waals surface area contributed by atoms with E-state index in [1.807, 2.05) is 21.1 Å². The van der Waals surface area contributed by atoms with Gasteiger partial charge in [0.15, 0.2) is 12.1 Å². The lowest BCUT2D eigenvalue weighted by Crippen LogP contribution is -2.50. The fourth-order valence-corrected chi connectivity index (χ4v) is 6.23. The van der Waals surface area contributed by atoms with E-state index in [1.54, 1.807) is 0 Å². The number of carboxylic acid groups (broad SMARTS) is 1. The number of hydrogen-bond acceptors (Lipinski definition) is 6. The van der Waals surface area contributed by atoms with Gasteiger partial charge in [-0.1, -0.05) is 157 Å². The summed E-state index contributed by atoms with van der Waals surface area (Å²) in [5.74, 6) is -1.57. The van der Waals surface area contributed by atoms with Gasteiger partial charge in [0, 0.05) is 19.3 Å². The highest BCUT2D eigenvalue weighted by molar-refractivity contribution is 5.72. The number of likely N-dealkylation sites (N-methyl/N-ethyl adjacent to an activating group) is 1. The first-order valence-electron chi connectivity index (χ1n) is 23.1. The molecule has 0 aromatic carbocycles. The van der Waals surface area contributed by atoms with E-state index in [1.165, 1.54) is 51.4 Å². The monoisotopic (exact) mass is 825 g/mol. The van der Waals surface area contributed by atoms with Crippen molar-refractivity contribution in [1.29, 1.82) is 0 Å². The summed E-state index contributed by atoms with van der Waals surface area (Å²) in [6, 6.07) is -0.632. The molecular formula is C51H86NO7+. The molecular weight excluding hydrogens is 739 g/mol. The molecule has 0 aliphatic carbocycles. The van der Waals surface area contributed by atoms with Crippen molar-refractivity contribution in [3.8, 4) is 0 Å². The van der Waals surface area contributed by atoms with Crippen LogP contribution >= 0.6 is 0 Å². The van der Waals surface area contributed by atoms with Gasteiger partial charge in [0.05, 0.1) is 34.4 Å². The predicted molar refractivity (Wildman–Crippen MR) is 247 cm³/mol. The van der Waals surface area contributed by atoms with Gasteiger partial charge in [-0.15, -0.1) is 0 Å². The lowest BCUT2D eigenvalue weighted by atomic mass is 10.1. The first-order valence-corrected chi connectivity index (χ1v) is 23.1. The van der Waals surface area contributed by atoms with Crippen LogP contribution in [-0.4, -0.2) is 80.6 Å². The van der Waals surface area contributed by atoms with Crippen LogP contribution in [0, 0.1) is 0 Å². The number of quaternary nitrogens is 1. The zero-order valence-electron chi connectivity index (χ0n) is 38.2. The molecule has 0 aromatic rings. The van der Waals surface area contributed by atoms with E-state index in [4.69, 9.17) is 14.2 Å². The molecule has 2 atom stereocenters. The van der Waals surface area contributed by atoms with E-state index in [9.17, 15) is 19.5 Å². The minimum Gasteiger partial charge on any atom is -0.477 e. The average molecular weight is 825 g/mol. The van der Waals surface area contributed by atoms with Crippen LogP contribution in [-0.2, 0) is 28.6 Å². The van der Waals surface area contributed by atoms with E-state index in [0.29, 0.717) is 19.3 Å². The van der Waals surface area contributed by atoms with Gasteiger partial charge in [0.1, 0.15) is 6.61 Å². The van der Waals surface area contributed by atoms with Crippen molar-refractivity contribution < 1.29 is 38.2 Å². The maximum absolute atomic E-state index is 12.7. The lowest BCUT2D eigenvalue weighted by Gasteiger charge is -2.31. The summed E-state index contributed by atoms with van der Waals surface area (Å²) < 4.78 is 17.2. The molecule has 0 amide bonds. The van der Waals surface area contributed by atoms with Crippen molar-refractivity contribution in [2.45, 2.75) is 180 Å². The molecule has 0 saturated carbocycles. The summed E-state index contributed by atoms with van der Waals surface area (Å²) in [4.78, 5) is 37.0. The Labute approximate surface area is 361 Å². The largest absolute Gasteiger partial charge is 0.477 e. The lowest BCUT2D eigenvalue weighted by molar-refractivity contribution is -0.887. The van der Waals surface area contributed by atoms with Crippen LogP contribution in [0.4, 0.5) is 0 Å². The SMILES string of the molecule is CC/C=C/C/C=C/C/C=C/C/C=C/C/C=C/CCCC(=O)OC(COCCC(C(=O)O)[N+](C)(C)C)COC(=O)CCCCCCC/C=C/C=C/CCCCCCCCC. The normalized spacial score (nSPS) is 13.7. The van der Waals surface area contributed by atoms with Crippen LogP contribution in [0.2, 0.25) is 0 Å². The van der Waals surface area contributed by atoms with E-state index >= 15 is 0 Å². The second-order valence-electron chi connectivity index (χ2n) is 16.3. The molecule has 2 unspecified atom stereocenters. The summed E-state index contributed by atoms with van der Waals surface area (Å²) in [7, 11) is 5.49. The molecule has 336 valence electrons. The van der Waals surface area contributed by atoms with E-state index in [0.717, 1.165) is 77.0 Å². The highest BCUT2D eigenvalue weighted by atomic mass is 16.6. The van der Waals surface area contributed by atoms with Gasteiger partial charge in [-0.05, 0) is 77.0 Å². The van der Waals surface area contributed by atoms with Crippen LogP contribution in [0.5, 0.6) is 0 Å². The van der Waals surface area contributed by atoms with Crippen LogP contribution in [0.3, 0.4) is 0 Å². The molecule has 1 N–H and O–H groups in total. The van der Waals surface area contributed by atoms with Crippen LogP contribution in [0.15, 0.2) is 85.1 Å². The van der Waals surface area contributed by atoms with Crippen molar-refractivity contribution in [3.05, 3.63) is 85.1 Å². The Morgan fingerprint density at radius 1 is 0.542 bits per heavy atom. The van der Waals surface area contributed by atoms with Gasteiger partial charge in [-0.3, -0.25) is 9.59 Å². The van der Waals surface area contributed by atoms with Gasteiger partial charge in [-0.2, -0.15) is 0 Å². The van der Waals surface area contributed by atoms with Crippen molar-refractivity contribution in [2.24, 2.45) is 0 Å². The molecule has 0 fully saturated rings. The topological polar surface area (TPSA) is 99.1 Å². The fraction of sp³-hybridized carbons (Fsp3) is 0.667. The minimum atomic E-state index is -0.889. The van der Waals surface area contributed by atoms with E-state index < -0.39 is 18.1 Å². The molecule has 0 bridgehead atoms. The Kier molecular flexibility index (Phi) is 38.8. The molecule has 0 aliphatic rings. The zero-order chi connectivity index (χ0) is 43.5. The predicted octanol–water partition coefficient (Wildman–Crippen LogP) is 12.9. The van der Waals surface area contributed by atoms with Crippen molar-refractivity contribution in [1.82, 2.24) is 0 Å². The quantitative estimate of drug-likeness (QED) is 0.0216. The Balaban J connectivity index is 4.46. The Morgan fingerprint density at radius 2 is 1.02 bits per heavy atom. The summed E-state index contributed by atoms with van der Waals surface area (Å²) in [5.41, 5.74) is 0. The molecule has 0 rings (SSSR count). The number of carboxylic acids is 1. The molecule has 0 aliphatic heterocycles. The third-order valence-electron chi connectivity index (χ3n) is 9.81. The third kappa shape index (κ3) is 39.7. The molecule has 0 saturated heterocycles. The number of unbranched alkanes of at least 4 members (excludes halogenated alkanes) is 13. The van der Waals surface area contributed by atoms with Gasteiger partial charge in [-0.25, -0.2) is 4.79 Å². The molecule has 8 nitrogen and oxygen atoms in total. The smallest absolute Gasteiger partial charge is 0.362 e. The van der Waals surface area contributed by atoms with Crippen molar-refractivity contribution in [3.63, 3.8) is 0 Å². The number of ether oxygens (including phenoxy) is 3. The number of nitrogens with zero attached hydrogens (tertiary/aromatic N) is 1. The van der Waals surface area contributed by atoms with Gasteiger partial charge in [0.2, 0.25) is 0 Å². The minimum absolute atomic E-state index is 0.0285. The number of carbonyl (C=O) groups excluding carboxylic acids is 2. The van der Waals surface area contributed by atoms with Crippen LogP contribution in [0.1, 0.15) is 168 Å². The molecule has 0 spiro atoms. The maximum Gasteiger partial charge on any atom is 0.362 e. The molecule has 0 heterocycles. The Bertz CT molecular complexity index is 1240. The summed E-state index contributed by atoms with van der Waals surface area (Å²) in [6.07, 6.45) is 53.5. The first kappa shape index (κ1) is 55.5. The summed E-state index contributed by atoms with van der Waals surface area (Å²) in [6.45, 7) is 4.53. The second-order valence-corrected chi connectivity index (χ2v) is 16.3. The van der Waals surface area contributed by atoms with Gasteiger partial charge >= 0.3 is 17.9 Å². The highest BCUT2D eigenvalue weighted by Gasteiger charge is 2.31. The number of hydrogen-bond donors (Lipinski definition) is 1. The Morgan fingerprint density at radius 3 is 1.54 bits per heavy atom. The molecule has 0 radical (unpaired) electrons. The van der Waals surface area contributed by atoms with Gasteiger partial charge < -0.3 is 23.8 Å². The van der Waals surface area contributed by atoms with Crippen molar-refractivity contribution in [2.75, 3.05) is 41.0 Å². The van der Waals surface area contributed by atoms with Gasteiger partial charge in [0.25, 0.3) is 0 Å². The number of allylic oxidation sites excluding steroid dienone is 14. The molecule has 8 heteroatoms. The zero-order valence-corrected chi connectivity index (χ0v) is 38.2. The standard InChI is InChI=1S/C51H85NO7/c1-6-8-10-12-14-16-18-20-22-24-26-27-29-31-33-35-37-39-41-49(53)58-46-47(45-57-44-43-48(51(55)56)52(3,4)5)59-50(54)42-40-38-36-34-32-30-28-25-23-21-19-17-15-13-11-9-7-2/h9,11,15,17,21-24,26-28,30,34,36,47-48H,6-8,10,12-14,16,18-20,25,29,31-33,35,37-46H2,1-5H3/p+1/b11-9+,17-15+,23-21+,24-22+,27-26+,30-28+,36-34+. The molecule has 59 heavy (non-hydrogen) atoms. The number of esters is 2. The maximum atomic E-state index is 12.7. The second kappa shape index (κ2) is 41.3. The third-order valence-corrected chi connectivity index (χ3v) is 9.81. The first-order chi connectivity index (χ1) is 28.6. The Hall–Kier alpha value is -3.49. The summed E-state index contributed by atoms with van der Waals surface area (Å²) in [5, 5.41) is 9.63. The average Bonchev–Trinajstić information content (AvgIpc) is 3.19. The number of carbonyl (C=O) groups is 3. The van der Waals surface area contributed by atoms with E-state index in [2.05, 4.69) is 98.9 Å². The summed E-state index contributed by atoms with van der Waals surface area (Å²) >= 11 is 0. The highest BCUT2D eigenvalue weighted by Crippen LogP contribution is 2.12. The van der Waals surface area contributed by atoms with Crippen molar-refractivity contribution >= 4 is 17.9 Å².